The van der Waals surface area contributed by atoms with E-state index < -0.39 is 5.97 Å². The standard InChI is InChI=1S/C22H23FN2O3/c1-2-3-4-7-14-25-21(26)19-9-6-5-8-18(19)20(24-25)22(27)28-15-16-10-12-17(23)13-11-16/h5-6,8-13H,2-4,7,14-15H2,1H3. The summed E-state index contributed by atoms with van der Waals surface area (Å²) in [7, 11) is 0. The molecule has 0 saturated heterocycles. The van der Waals surface area contributed by atoms with Crippen LogP contribution in [0.5, 0.6) is 0 Å². The molecule has 1 aromatic heterocycles. The van der Waals surface area contributed by atoms with Crippen LogP contribution in [0.15, 0.2) is 53.3 Å². The third-order valence-electron chi connectivity index (χ3n) is 4.57. The molecule has 28 heavy (non-hydrogen) atoms. The van der Waals surface area contributed by atoms with Gasteiger partial charge >= 0.3 is 5.97 Å². The average molecular weight is 382 g/mol. The van der Waals surface area contributed by atoms with E-state index in [-0.39, 0.29) is 23.7 Å². The van der Waals surface area contributed by atoms with Crippen LogP contribution >= 0.6 is 0 Å². The second-order valence-electron chi connectivity index (χ2n) is 6.69. The summed E-state index contributed by atoms with van der Waals surface area (Å²) in [6.45, 7) is 2.59. The van der Waals surface area contributed by atoms with Crippen LogP contribution in [0.4, 0.5) is 4.39 Å². The van der Waals surface area contributed by atoms with Crippen LogP contribution in [-0.2, 0) is 17.9 Å². The predicted octanol–water partition coefficient (Wildman–Crippen LogP) is 4.47. The number of unbranched alkanes of at least 4 members (excludes halogenated alkanes) is 3. The van der Waals surface area contributed by atoms with E-state index in [0.29, 0.717) is 22.9 Å². The monoisotopic (exact) mass is 382 g/mol. The summed E-state index contributed by atoms with van der Waals surface area (Å²) in [5.41, 5.74) is 0.585. The lowest BCUT2D eigenvalue weighted by molar-refractivity contribution is 0.0465. The van der Waals surface area contributed by atoms with Crippen molar-refractivity contribution < 1.29 is 13.9 Å². The number of esters is 1. The number of fused-ring (bicyclic) bond motifs is 1. The Morgan fingerprint density at radius 1 is 1.04 bits per heavy atom. The first-order chi connectivity index (χ1) is 13.6. The fraction of sp³-hybridized carbons (Fsp3) is 0.318. The number of rotatable bonds is 8. The van der Waals surface area contributed by atoms with E-state index in [0.717, 1.165) is 25.7 Å². The molecular weight excluding hydrogens is 359 g/mol. The zero-order chi connectivity index (χ0) is 19.9. The van der Waals surface area contributed by atoms with Crippen LogP contribution in [-0.4, -0.2) is 15.7 Å². The van der Waals surface area contributed by atoms with Gasteiger partial charge in [0.2, 0.25) is 0 Å². The number of hydrogen-bond acceptors (Lipinski definition) is 4. The Kier molecular flexibility index (Phi) is 6.53. The zero-order valence-electron chi connectivity index (χ0n) is 15.9. The van der Waals surface area contributed by atoms with Crippen molar-refractivity contribution in [2.45, 2.75) is 45.8 Å². The molecule has 3 rings (SSSR count). The van der Waals surface area contributed by atoms with Gasteiger partial charge in [-0.1, -0.05) is 56.5 Å². The molecule has 0 unspecified atom stereocenters. The largest absolute Gasteiger partial charge is 0.456 e. The van der Waals surface area contributed by atoms with E-state index >= 15 is 0 Å². The lowest BCUT2D eigenvalue weighted by Gasteiger charge is -2.11. The molecule has 0 bridgehead atoms. The van der Waals surface area contributed by atoms with Crippen molar-refractivity contribution in [3.63, 3.8) is 0 Å². The molecule has 6 heteroatoms. The van der Waals surface area contributed by atoms with Gasteiger partial charge in [0.15, 0.2) is 5.69 Å². The molecule has 0 aliphatic carbocycles. The Hall–Kier alpha value is -3.02. The van der Waals surface area contributed by atoms with Crippen molar-refractivity contribution in [3.05, 3.63) is 76.0 Å². The van der Waals surface area contributed by atoms with Crippen molar-refractivity contribution in [1.82, 2.24) is 9.78 Å². The smallest absolute Gasteiger partial charge is 0.359 e. The number of nitrogens with zero attached hydrogens (tertiary/aromatic N) is 2. The van der Waals surface area contributed by atoms with Gasteiger partial charge in [0.05, 0.1) is 5.39 Å². The second-order valence-corrected chi connectivity index (χ2v) is 6.69. The average Bonchev–Trinajstić information content (AvgIpc) is 2.72. The van der Waals surface area contributed by atoms with Gasteiger partial charge in [-0.15, -0.1) is 0 Å². The van der Waals surface area contributed by atoms with Crippen molar-refractivity contribution in [3.8, 4) is 0 Å². The van der Waals surface area contributed by atoms with E-state index in [1.165, 1.54) is 16.8 Å². The number of benzene rings is 2. The van der Waals surface area contributed by atoms with Crippen molar-refractivity contribution in [1.29, 1.82) is 0 Å². The van der Waals surface area contributed by atoms with Gasteiger partial charge in [-0.2, -0.15) is 5.10 Å². The van der Waals surface area contributed by atoms with Crippen LogP contribution in [0, 0.1) is 5.82 Å². The number of carbonyl (C=O) groups excluding carboxylic acids is 1. The summed E-state index contributed by atoms with van der Waals surface area (Å²) >= 11 is 0. The molecule has 0 spiro atoms. The van der Waals surface area contributed by atoms with E-state index in [4.69, 9.17) is 4.74 Å². The molecule has 0 saturated carbocycles. The molecule has 1 heterocycles. The normalized spacial score (nSPS) is 10.9. The van der Waals surface area contributed by atoms with Gasteiger partial charge in [0.25, 0.3) is 5.56 Å². The van der Waals surface area contributed by atoms with E-state index in [1.807, 2.05) is 0 Å². The molecular formula is C22H23FN2O3. The fourth-order valence-electron chi connectivity index (χ4n) is 3.02. The van der Waals surface area contributed by atoms with Crippen LogP contribution < -0.4 is 5.56 Å². The molecule has 0 aliphatic rings. The molecule has 0 aliphatic heterocycles. The minimum absolute atomic E-state index is 0.00471. The lowest BCUT2D eigenvalue weighted by Crippen LogP contribution is -2.26. The summed E-state index contributed by atoms with van der Waals surface area (Å²) < 4.78 is 19.7. The van der Waals surface area contributed by atoms with Crippen molar-refractivity contribution in [2.24, 2.45) is 0 Å². The molecule has 0 fully saturated rings. The molecule has 0 amide bonds. The van der Waals surface area contributed by atoms with Crippen LogP contribution in [0.25, 0.3) is 10.8 Å². The molecule has 0 N–H and O–H groups in total. The third kappa shape index (κ3) is 4.63. The number of ether oxygens (including phenoxy) is 1. The number of aromatic nitrogens is 2. The van der Waals surface area contributed by atoms with E-state index in [2.05, 4.69) is 12.0 Å². The Bertz CT molecular complexity index is 1010. The molecule has 0 radical (unpaired) electrons. The number of aryl methyl sites for hydroxylation is 1. The van der Waals surface area contributed by atoms with Crippen LogP contribution in [0.3, 0.4) is 0 Å². The van der Waals surface area contributed by atoms with Gasteiger partial charge in [0.1, 0.15) is 12.4 Å². The van der Waals surface area contributed by atoms with Crippen LogP contribution in [0.1, 0.15) is 48.7 Å². The van der Waals surface area contributed by atoms with Gasteiger partial charge in [0, 0.05) is 11.9 Å². The summed E-state index contributed by atoms with van der Waals surface area (Å²) in [6.07, 6.45) is 4.01. The maximum atomic E-state index is 13.0. The van der Waals surface area contributed by atoms with Gasteiger partial charge in [-0.25, -0.2) is 13.9 Å². The highest BCUT2D eigenvalue weighted by molar-refractivity contribution is 6.02. The Balaban J connectivity index is 1.85. The van der Waals surface area contributed by atoms with Crippen molar-refractivity contribution >= 4 is 16.7 Å². The van der Waals surface area contributed by atoms with E-state index in [1.54, 1.807) is 36.4 Å². The SMILES string of the molecule is CCCCCCn1nc(C(=O)OCc2ccc(F)cc2)c2ccccc2c1=O. The first kappa shape index (κ1) is 19.7. The molecule has 146 valence electrons. The predicted molar refractivity (Wildman–Crippen MR) is 106 cm³/mol. The molecule has 2 aromatic carbocycles. The fourth-order valence-corrected chi connectivity index (χ4v) is 3.02. The van der Waals surface area contributed by atoms with Gasteiger partial charge in [-0.05, 0) is 30.2 Å². The van der Waals surface area contributed by atoms with Gasteiger partial charge < -0.3 is 4.74 Å². The first-order valence-electron chi connectivity index (χ1n) is 9.51. The maximum Gasteiger partial charge on any atom is 0.359 e. The summed E-state index contributed by atoms with van der Waals surface area (Å²) in [5.74, 6) is -0.958. The highest BCUT2D eigenvalue weighted by Crippen LogP contribution is 2.16. The van der Waals surface area contributed by atoms with E-state index in [9.17, 15) is 14.0 Å². The summed E-state index contributed by atoms with van der Waals surface area (Å²) in [4.78, 5) is 25.4. The number of hydrogen-bond donors (Lipinski definition) is 0. The van der Waals surface area contributed by atoms with Gasteiger partial charge in [-0.3, -0.25) is 4.79 Å². The Labute approximate surface area is 162 Å². The quantitative estimate of drug-likeness (QED) is 0.426. The summed E-state index contributed by atoms with van der Waals surface area (Å²) in [6, 6.07) is 12.6. The molecule has 0 atom stereocenters. The number of carbonyl (C=O) groups is 1. The minimum Gasteiger partial charge on any atom is -0.456 e. The Morgan fingerprint density at radius 2 is 1.75 bits per heavy atom. The Morgan fingerprint density at radius 3 is 2.46 bits per heavy atom. The zero-order valence-corrected chi connectivity index (χ0v) is 15.9. The second kappa shape index (κ2) is 9.26. The van der Waals surface area contributed by atoms with Crippen LogP contribution in [0.2, 0.25) is 0 Å². The highest BCUT2D eigenvalue weighted by atomic mass is 19.1. The third-order valence-corrected chi connectivity index (χ3v) is 4.57. The first-order valence-corrected chi connectivity index (χ1v) is 9.51. The summed E-state index contributed by atoms with van der Waals surface area (Å²) in [5, 5.41) is 5.21. The maximum absolute atomic E-state index is 13.0. The minimum atomic E-state index is -0.608. The van der Waals surface area contributed by atoms with Crippen molar-refractivity contribution in [2.75, 3.05) is 0 Å². The topological polar surface area (TPSA) is 61.2 Å². The number of halogens is 1. The lowest BCUT2D eigenvalue weighted by atomic mass is 10.1. The molecule has 5 nitrogen and oxygen atoms in total. The highest BCUT2D eigenvalue weighted by Gasteiger charge is 2.18. The molecule has 3 aromatic rings.